The number of rotatable bonds is 3. The van der Waals surface area contributed by atoms with Gasteiger partial charge in [0.1, 0.15) is 17.1 Å². The Morgan fingerprint density at radius 1 is 1.12 bits per heavy atom. The van der Waals surface area contributed by atoms with Crippen molar-refractivity contribution in [3.63, 3.8) is 0 Å². The van der Waals surface area contributed by atoms with Crippen LogP contribution in [0.4, 0.5) is 5.69 Å². The molecule has 0 radical (unpaired) electrons. The van der Waals surface area contributed by atoms with E-state index in [9.17, 15) is 5.11 Å². The van der Waals surface area contributed by atoms with Crippen LogP contribution in [-0.2, 0) is 0 Å². The number of pyridine rings is 2. The van der Waals surface area contributed by atoms with E-state index in [0.29, 0.717) is 11.6 Å². The Hall–Kier alpha value is -2.34. The first-order chi connectivity index (χ1) is 12.3. The van der Waals surface area contributed by atoms with Gasteiger partial charge in [-0.25, -0.2) is 9.97 Å². The average molecular weight is 356 g/mol. The first-order valence-electron chi connectivity index (χ1n) is 9.00. The maximum Gasteiger partial charge on any atom is 0.237 e. The molecule has 1 N–H and O–H groups in total. The summed E-state index contributed by atoms with van der Waals surface area (Å²) < 4.78 is 5.49. The van der Waals surface area contributed by atoms with E-state index in [1.165, 1.54) is 0 Å². The van der Waals surface area contributed by atoms with E-state index in [2.05, 4.69) is 40.5 Å². The van der Waals surface area contributed by atoms with Gasteiger partial charge in [-0.1, -0.05) is 0 Å². The summed E-state index contributed by atoms with van der Waals surface area (Å²) in [4.78, 5) is 13.7. The van der Waals surface area contributed by atoms with Crippen molar-refractivity contribution in [2.24, 2.45) is 0 Å². The van der Waals surface area contributed by atoms with Crippen molar-refractivity contribution in [3.05, 3.63) is 30.1 Å². The Morgan fingerprint density at radius 3 is 2.42 bits per heavy atom. The van der Waals surface area contributed by atoms with Crippen LogP contribution in [0.5, 0.6) is 11.6 Å². The number of ether oxygens (including phenoxy) is 1. The third-order valence-corrected chi connectivity index (χ3v) is 4.88. The lowest BCUT2D eigenvalue weighted by atomic mass is 10.0. The van der Waals surface area contributed by atoms with E-state index in [4.69, 9.17) is 4.74 Å². The van der Waals surface area contributed by atoms with E-state index in [1.807, 2.05) is 13.0 Å². The zero-order chi connectivity index (χ0) is 18.9. The monoisotopic (exact) mass is 356 g/mol. The molecule has 0 bridgehead atoms. The molecule has 0 spiro atoms. The van der Waals surface area contributed by atoms with Crippen LogP contribution >= 0.6 is 0 Å². The fourth-order valence-electron chi connectivity index (χ4n) is 3.33. The average Bonchev–Trinajstić information content (AvgIpc) is 2.62. The molecule has 1 saturated heterocycles. The van der Waals surface area contributed by atoms with E-state index in [-0.39, 0.29) is 11.3 Å². The Morgan fingerprint density at radius 2 is 1.81 bits per heavy atom. The van der Waals surface area contributed by atoms with Crippen LogP contribution in [0, 0.1) is 6.92 Å². The maximum atomic E-state index is 10.2. The normalized spacial score (nSPS) is 16.0. The summed E-state index contributed by atoms with van der Waals surface area (Å²) in [5, 5.41) is 10.2. The van der Waals surface area contributed by atoms with E-state index >= 15 is 0 Å². The molecule has 2 aromatic heterocycles. The lowest BCUT2D eigenvalue weighted by molar-refractivity contribution is 0.128. The molecule has 26 heavy (non-hydrogen) atoms. The minimum absolute atomic E-state index is 0.158. The van der Waals surface area contributed by atoms with Crippen LogP contribution in [0.3, 0.4) is 0 Å². The predicted molar refractivity (Wildman–Crippen MR) is 104 cm³/mol. The van der Waals surface area contributed by atoms with Crippen LogP contribution in [0.1, 0.15) is 26.5 Å². The van der Waals surface area contributed by atoms with Gasteiger partial charge >= 0.3 is 0 Å². The van der Waals surface area contributed by atoms with Crippen molar-refractivity contribution < 1.29 is 9.84 Å². The molecule has 0 unspecified atom stereocenters. The van der Waals surface area contributed by atoms with Crippen LogP contribution in [0.15, 0.2) is 24.4 Å². The molecule has 1 aliphatic heterocycles. The number of aromatic hydroxyl groups is 1. The lowest BCUT2D eigenvalue weighted by Crippen LogP contribution is -2.53. The zero-order valence-corrected chi connectivity index (χ0v) is 16.3. The fourth-order valence-corrected chi connectivity index (χ4v) is 3.33. The van der Waals surface area contributed by atoms with Gasteiger partial charge in [0.05, 0.1) is 7.11 Å². The first-order valence-corrected chi connectivity index (χ1v) is 9.00. The summed E-state index contributed by atoms with van der Waals surface area (Å²) in [5.74, 6) is 0.760. The highest BCUT2D eigenvalue weighted by atomic mass is 16.5. The van der Waals surface area contributed by atoms with Gasteiger partial charge in [0.15, 0.2) is 0 Å². The van der Waals surface area contributed by atoms with E-state index in [1.54, 1.807) is 25.4 Å². The second-order valence-electron chi connectivity index (χ2n) is 7.72. The molecule has 2 aromatic rings. The Kier molecular flexibility index (Phi) is 5.05. The Bertz CT molecular complexity index is 778. The smallest absolute Gasteiger partial charge is 0.237 e. The fraction of sp³-hybridized carbons (Fsp3) is 0.500. The largest absolute Gasteiger partial charge is 0.506 e. The van der Waals surface area contributed by atoms with Crippen LogP contribution in [0.25, 0.3) is 11.3 Å². The summed E-state index contributed by atoms with van der Waals surface area (Å²) in [7, 11) is 1.64. The molecule has 1 aliphatic rings. The van der Waals surface area contributed by atoms with Crippen molar-refractivity contribution in [2.45, 2.75) is 33.2 Å². The molecule has 0 amide bonds. The van der Waals surface area contributed by atoms with Crippen molar-refractivity contribution in [3.8, 4) is 22.9 Å². The minimum Gasteiger partial charge on any atom is -0.506 e. The van der Waals surface area contributed by atoms with Crippen molar-refractivity contribution in [1.29, 1.82) is 0 Å². The zero-order valence-electron chi connectivity index (χ0n) is 16.3. The second-order valence-corrected chi connectivity index (χ2v) is 7.72. The van der Waals surface area contributed by atoms with Crippen molar-refractivity contribution >= 4 is 5.69 Å². The lowest BCUT2D eigenvalue weighted by Gasteiger charge is -2.43. The summed E-state index contributed by atoms with van der Waals surface area (Å²) in [6, 6.07) is 5.48. The number of aromatic nitrogens is 2. The van der Waals surface area contributed by atoms with E-state index in [0.717, 1.165) is 43.1 Å². The summed E-state index contributed by atoms with van der Waals surface area (Å²) >= 11 is 0. The summed E-state index contributed by atoms with van der Waals surface area (Å²) in [6.07, 6.45) is 1.70. The van der Waals surface area contributed by atoms with Crippen molar-refractivity contribution in [2.75, 3.05) is 38.2 Å². The highest BCUT2D eigenvalue weighted by Gasteiger charge is 2.27. The molecular formula is C20H28N4O2. The number of aryl methyl sites for hydroxylation is 1. The summed E-state index contributed by atoms with van der Waals surface area (Å²) in [5.41, 5.74) is 3.32. The molecule has 3 heterocycles. The number of anilines is 1. The van der Waals surface area contributed by atoms with Crippen molar-refractivity contribution in [1.82, 2.24) is 14.9 Å². The van der Waals surface area contributed by atoms with Crippen LogP contribution in [0.2, 0.25) is 0 Å². The molecule has 140 valence electrons. The first kappa shape index (κ1) is 18.5. The van der Waals surface area contributed by atoms with Gasteiger partial charge in [0.25, 0.3) is 0 Å². The number of piperazine rings is 1. The van der Waals surface area contributed by atoms with Gasteiger partial charge in [-0.05, 0) is 45.9 Å². The SMILES string of the molecule is COc1ncc(-c2nc(C)ccc2O)cc1N1CCN(C(C)(C)C)CC1. The van der Waals surface area contributed by atoms with Gasteiger partial charge in [0, 0.05) is 49.2 Å². The third kappa shape index (κ3) is 3.75. The quantitative estimate of drug-likeness (QED) is 0.912. The third-order valence-electron chi connectivity index (χ3n) is 4.88. The summed E-state index contributed by atoms with van der Waals surface area (Å²) in [6.45, 7) is 12.5. The van der Waals surface area contributed by atoms with Crippen LogP contribution in [-0.4, -0.2) is 58.8 Å². The molecule has 0 saturated carbocycles. The number of hydrogen-bond donors (Lipinski definition) is 1. The number of methoxy groups -OCH3 is 1. The van der Waals surface area contributed by atoms with Gasteiger partial charge in [-0.2, -0.15) is 0 Å². The topological polar surface area (TPSA) is 61.7 Å². The van der Waals surface area contributed by atoms with Gasteiger partial charge < -0.3 is 14.7 Å². The predicted octanol–water partition coefficient (Wildman–Crippen LogP) is 3.09. The van der Waals surface area contributed by atoms with Crippen LogP contribution < -0.4 is 9.64 Å². The standard InChI is InChI=1S/C20H28N4O2/c1-14-6-7-17(25)18(22-14)15-12-16(19(26-5)21-13-15)23-8-10-24(11-9-23)20(2,3)4/h6-7,12-13,25H,8-11H2,1-5H3. The highest BCUT2D eigenvalue weighted by molar-refractivity contribution is 5.71. The minimum atomic E-state index is 0.158. The molecule has 3 rings (SSSR count). The van der Waals surface area contributed by atoms with Gasteiger partial charge in [-0.15, -0.1) is 0 Å². The Balaban J connectivity index is 1.91. The number of nitrogens with zero attached hydrogens (tertiary/aromatic N) is 4. The molecule has 1 fully saturated rings. The van der Waals surface area contributed by atoms with Gasteiger partial charge in [0.2, 0.25) is 5.88 Å². The second kappa shape index (κ2) is 7.11. The molecule has 0 aromatic carbocycles. The van der Waals surface area contributed by atoms with E-state index < -0.39 is 0 Å². The molecule has 6 heteroatoms. The molecule has 6 nitrogen and oxygen atoms in total. The van der Waals surface area contributed by atoms with Gasteiger partial charge in [-0.3, -0.25) is 4.90 Å². The number of hydrogen-bond acceptors (Lipinski definition) is 6. The highest BCUT2D eigenvalue weighted by Crippen LogP contribution is 2.34. The Labute approximate surface area is 155 Å². The molecule has 0 aliphatic carbocycles. The molecular weight excluding hydrogens is 328 g/mol. The molecule has 0 atom stereocenters. The maximum absolute atomic E-state index is 10.2.